The summed E-state index contributed by atoms with van der Waals surface area (Å²) >= 11 is 0. The Morgan fingerprint density at radius 3 is 2.45 bits per heavy atom. The first-order chi connectivity index (χ1) is 9.83. The van der Waals surface area contributed by atoms with Gasteiger partial charge in [-0.25, -0.2) is 4.79 Å². The normalized spacial score (nSPS) is 10.2. The maximum absolute atomic E-state index is 12.0. The van der Waals surface area contributed by atoms with Crippen LogP contribution in [0.3, 0.4) is 0 Å². The summed E-state index contributed by atoms with van der Waals surface area (Å²) < 4.78 is 0. The lowest BCUT2D eigenvalue weighted by molar-refractivity contribution is -0.241. The predicted octanol–water partition coefficient (Wildman–Crippen LogP) is 4.06. The fourth-order valence-electron chi connectivity index (χ4n) is 1.83. The Morgan fingerprint density at radius 2 is 1.70 bits per heavy atom. The number of hydrogen-bond donors (Lipinski definition) is 0. The highest BCUT2D eigenvalue weighted by atomic mass is 17.2. The summed E-state index contributed by atoms with van der Waals surface area (Å²) in [4.78, 5) is 21.8. The SMILES string of the molecule is [CH2]CCCOOC(=O)c1ccccc1-c1ccccc1. The molecule has 0 bridgehead atoms. The van der Waals surface area contributed by atoms with Crippen LogP contribution >= 0.6 is 0 Å². The quantitative estimate of drug-likeness (QED) is 0.451. The van der Waals surface area contributed by atoms with Gasteiger partial charge in [0.15, 0.2) is 0 Å². The first-order valence-corrected chi connectivity index (χ1v) is 6.60. The molecule has 0 atom stereocenters. The molecule has 0 spiro atoms. The number of benzene rings is 2. The fourth-order valence-corrected chi connectivity index (χ4v) is 1.83. The van der Waals surface area contributed by atoms with Crippen molar-refractivity contribution in [2.24, 2.45) is 0 Å². The van der Waals surface area contributed by atoms with Gasteiger partial charge in [0.05, 0.1) is 12.2 Å². The second-order valence-electron chi connectivity index (χ2n) is 4.31. The van der Waals surface area contributed by atoms with E-state index in [1.807, 2.05) is 42.5 Å². The monoisotopic (exact) mass is 269 g/mol. The van der Waals surface area contributed by atoms with Gasteiger partial charge < -0.3 is 0 Å². The van der Waals surface area contributed by atoms with Crippen molar-refractivity contribution < 1.29 is 14.6 Å². The van der Waals surface area contributed by atoms with E-state index in [9.17, 15) is 4.79 Å². The van der Waals surface area contributed by atoms with Crippen molar-refractivity contribution in [3.63, 3.8) is 0 Å². The molecule has 0 saturated heterocycles. The Hall–Kier alpha value is -2.13. The van der Waals surface area contributed by atoms with Gasteiger partial charge in [0.2, 0.25) is 0 Å². The molecule has 3 heteroatoms. The molecule has 0 aromatic heterocycles. The highest BCUT2D eigenvalue weighted by Gasteiger charge is 2.14. The fraction of sp³-hybridized carbons (Fsp3) is 0.176. The summed E-state index contributed by atoms with van der Waals surface area (Å²) in [6, 6.07) is 17.0. The van der Waals surface area contributed by atoms with Gasteiger partial charge in [-0.05, 0) is 23.6 Å². The summed E-state index contributed by atoms with van der Waals surface area (Å²) in [6.45, 7) is 4.06. The van der Waals surface area contributed by atoms with Gasteiger partial charge >= 0.3 is 5.97 Å². The number of hydrogen-bond acceptors (Lipinski definition) is 3. The van der Waals surface area contributed by atoms with E-state index in [-0.39, 0.29) is 0 Å². The van der Waals surface area contributed by atoms with Crippen LogP contribution in [0.15, 0.2) is 54.6 Å². The molecule has 2 rings (SSSR count). The second kappa shape index (κ2) is 7.46. The van der Waals surface area contributed by atoms with E-state index in [1.54, 1.807) is 12.1 Å². The highest BCUT2D eigenvalue weighted by molar-refractivity contribution is 5.96. The molecule has 0 aliphatic rings. The van der Waals surface area contributed by atoms with Gasteiger partial charge in [-0.1, -0.05) is 61.9 Å². The Labute approximate surface area is 119 Å². The minimum absolute atomic E-state index is 0.364. The van der Waals surface area contributed by atoms with E-state index in [1.165, 1.54) is 0 Å². The van der Waals surface area contributed by atoms with Gasteiger partial charge in [-0.3, -0.25) is 4.89 Å². The number of rotatable bonds is 6. The topological polar surface area (TPSA) is 35.5 Å². The standard InChI is InChI=1S/C17H17O3/c1-2-3-13-19-20-17(18)16-12-8-7-11-15(16)14-9-5-4-6-10-14/h4-12H,1-3,13H2. The van der Waals surface area contributed by atoms with Gasteiger partial charge in [0.25, 0.3) is 0 Å². The summed E-state index contributed by atoms with van der Waals surface area (Å²) in [5, 5.41) is 0. The van der Waals surface area contributed by atoms with E-state index >= 15 is 0 Å². The Morgan fingerprint density at radius 1 is 1.00 bits per heavy atom. The van der Waals surface area contributed by atoms with Crippen molar-refractivity contribution in [1.82, 2.24) is 0 Å². The molecule has 3 nitrogen and oxygen atoms in total. The predicted molar refractivity (Wildman–Crippen MR) is 77.8 cm³/mol. The minimum atomic E-state index is -0.478. The summed E-state index contributed by atoms with van der Waals surface area (Å²) in [5.74, 6) is -0.478. The van der Waals surface area contributed by atoms with Crippen molar-refractivity contribution in [3.05, 3.63) is 67.1 Å². The van der Waals surface area contributed by atoms with E-state index in [2.05, 4.69) is 6.92 Å². The van der Waals surface area contributed by atoms with E-state index in [0.717, 1.165) is 24.0 Å². The van der Waals surface area contributed by atoms with Crippen LogP contribution in [0.4, 0.5) is 0 Å². The van der Waals surface area contributed by atoms with Crippen molar-refractivity contribution in [3.8, 4) is 11.1 Å². The van der Waals surface area contributed by atoms with E-state index in [0.29, 0.717) is 12.2 Å². The Kier molecular flexibility index (Phi) is 5.33. The molecule has 0 aliphatic heterocycles. The highest BCUT2D eigenvalue weighted by Crippen LogP contribution is 2.23. The van der Waals surface area contributed by atoms with Crippen LogP contribution in [0.1, 0.15) is 23.2 Å². The molecule has 0 heterocycles. The molecule has 0 saturated carbocycles. The Bertz CT molecular complexity index is 549. The zero-order valence-electron chi connectivity index (χ0n) is 11.2. The molecule has 0 unspecified atom stereocenters. The average Bonchev–Trinajstić information content (AvgIpc) is 2.52. The summed E-state index contributed by atoms with van der Waals surface area (Å²) in [7, 11) is 0. The van der Waals surface area contributed by atoms with E-state index in [4.69, 9.17) is 9.78 Å². The second-order valence-corrected chi connectivity index (χ2v) is 4.31. The van der Waals surface area contributed by atoms with Crippen molar-refractivity contribution in [2.45, 2.75) is 12.8 Å². The van der Waals surface area contributed by atoms with Crippen LogP contribution in [-0.2, 0) is 9.78 Å². The molecule has 0 aliphatic carbocycles. The maximum atomic E-state index is 12.0. The molecule has 0 amide bonds. The first-order valence-electron chi connectivity index (χ1n) is 6.60. The number of unbranched alkanes of at least 4 members (excludes halogenated alkanes) is 1. The molecule has 2 aromatic carbocycles. The molecular formula is C17H17O3. The Balaban J connectivity index is 2.14. The molecular weight excluding hydrogens is 252 g/mol. The molecule has 0 fully saturated rings. The molecule has 103 valence electrons. The van der Waals surface area contributed by atoms with Crippen LogP contribution < -0.4 is 0 Å². The zero-order valence-corrected chi connectivity index (χ0v) is 11.2. The van der Waals surface area contributed by atoms with Gasteiger partial charge in [-0.2, -0.15) is 4.89 Å². The third kappa shape index (κ3) is 3.68. The summed E-state index contributed by atoms with van der Waals surface area (Å²) in [6.07, 6.45) is 1.51. The van der Waals surface area contributed by atoms with Crippen LogP contribution in [0.2, 0.25) is 0 Å². The lowest BCUT2D eigenvalue weighted by atomic mass is 10.00. The molecule has 0 N–H and O–H groups in total. The average molecular weight is 269 g/mol. The molecule has 1 radical (unpaired) electrons. The first kappa shape index (κ1) is 14.3. The number of carbonyl (C=O) groups is 1. The lowest BCUT2D eigenvalue weighted by Gasteiger charge is -2.08. The van der Waals surface area contributed by atoms with Crippen LogP contribution in [0.25, 0.3) is 11.1 Å². The third-order valence-electron chi connectivity index (χ3n) is 2.84. The summed E-state index contributed by atoms with van der Waals surface area (Å²) in [5.41, 5.74) is 2.30. The largest absolute Gasteiger partial charge is 0.373 e. The lowest BCUT2D eigenvalue weighted by Crippen LogP contribution is -2.08. The van der Waals surface area contributed by atoms with E-state index < -0.39 is 5.97 Å². The van der Waals surface area contributed by atoms with Gasteiger partial charge in [0, 0.05) is 0 Å². The zero-order chi connectivity index (χ0) is 14.2. The third-order valence-corrected chi connectivity index (χ3v) is 2.84. The van der Waals surface area contributed by atoms with Crippen LogP contribution in [0, 0.1) is 6.92 Å². The molecule has 20 heavy (non-hydrogen) atoms. The molecule has 2 aromatic rings. The number of carbonyl (C=O) groups excluding carboxylic acids is 1. The van der Waals surface area contributed by atoms with Crippen LogP contribution in [-0.4, -0.2) is 12.6 Å². The van der Waals surface area contributed by atoms with Crippen molar-refractivity contribution in [2.75, 3.05) is 6.61 Å². The van der Waals surface area contributed by atoms with Crippen molar-refractivity contribution >= 4 is 5.97 Å². The smallest absolute Gasteiger partial charge is 0.293 e. The minimum Gasteiger partial charge on any atom is -0.293 e. The van der Waals surface area contributed by atoms with Gasteiger partial charge in [0.1, 0.15) is 0 Å². The van der Waals surface area contributed by atoms with Gasteiger partial charge in [-0.15, -0.1) is 0 Å². The van der Waals surface area contributed by atoms with Crippen LogP contribution in [0.5, 0.6) is 0 Å². The maximum Gasteiger partial charge on any atom is 0.373 e. The van der Waals surface area contributed by atoms with Crippen molar-refractivity contribution in [1.29, 1.82) is 0 Å².